The van der Waals surface area contributed by atoms with Crippen LogP contribution in [0.4, 0.5) is 0 Å². The van der Waals surface area contributed by atoms with Crippen LogP contribution in [0.15, 0.2) is 53.4 Å². The summed E-state index contributed by atoms with van der Waals surface area (Å²) in [7, 11) is -3.62. The summed E-state index contributed by atoms with van der Waals surface area (Å²) in [6, 6.07) is 14.7. The van der Waals surface area contributed by atoms with Gasteiger partial charge in [-0.25, -0.2) is 12.4 Å². The highest BCUT2D eigenvalue weighted by molar-refractivity contribution is 7.90. The van der Waals surface area contributed by atoms with E-state index >= 15 is 0 Å². The largest absolute Gasteiger partial charge is 0.311 e. The SMILES string of the molecule is Cc1c(C)n(S(=O)(=O)c2ccccc2)c2ccc(CNCCN3CCCC3)cc12. The van der Waals surface area contributed by atoms with Gasteiger partial charge in [-0.3, -0.25) is 0 Å². The van der Waals surface area contributed by atoms with E-state index in [1.807, 2.05) is 32.0 Å². The van der Waals surface area contributed by atoms with Crippen molar-refractivity contribution in [3.63, 3.8) is 0 Å². The van der Waals surface area contributed by atoms with Crippen LogP contribution in [0.5, 0.6) is 0 Å². The molecule has 0 saturated carbocycles. The van der Waals surface area contributed by atoms with E-state index in [1.165, 1.54) is 35.5 Å². The average molecular weight is 412 g/mol. The maximum atomic E-state index is 13.2. The minimum absolute atomic E-state index is 0.313. The van der Waals surface area contributed by atoms with Crippen molar-refractivity contribution < 1.29 is 8.42 Å². The van der Waals surface area contributed by atoms with Gasteiger partial charge in [0, 0.05) is 30.7 Å². The third-order valence-electron chi connectivity index (χ3n) is 5.95. The van der Waals surface area contributed by atoms with Crippen LogP contribution in [-0.2, 0) is 16.6 Å². The Morgan fingerprint density at radius 3 is 2.45 bits per heavy atom. The van der Waals surface area contributed by atoms with E-state index in [0.717, 1.165) is 41.8 Å². The van der Waals surface area contributed by atoms with E-state index in [0.29, 0.717) is 4.90 Å². The van der Waals surface area contributed by atoms with Crippen molar-refractivity contribution in [3.8, 4) is 0 Å². The highest BCUT2D eigenvalue weighted by Gasteiger charge is 2.23. The predicted molar refractivity (Wildman–Crippen MR) is 118 cm³/mol. The number of aromatic nitrogens is 1. The molecule has 1 aromatic heterocycles. The summed E-state index contributed by atoms with van der Waals surface area (Å²) in [4.78, 5) is 2.81. The van der Waals surface area contributed by atoms with Gasteiger partial charge >= 0.3 is 0 Å². The summed E-state index contributed by atoms with van der Waals surface area (Å²) < 4.78 is 28.0. The Morgan fingerprint density at radius 1 is 1.00 bits per heavy atom. The average Bonchev–Trinajstić information content (AvgIpc) is 3.33. The maximum Gasteiger partial charge on any atom is 0.268 e. The Hall–Kier alpha value is -2.15. The first-order valence-electron chi connectivity index (χ1n) is 10.3. The van der Waals surface area contributed by atoms with Crippen molar-refractivity contribution in [1.29, 1.82) is 0 Å². The van der Waals surface area contributed by atoms with Crippen LogP contribution in [-0.4, -0.2) is 43.5 Å². The quantitative estimate of drug-likeness (QED) is 0.603. The van der Waals surface area contributed by atoms with Crippen LogP contribution < -0.4 is 5.32 Å². The van der Waals surface area contributed by atoms with Gasteiger partial charge in [0.15, 0.2) is 0 Å². The van der Waals surface area contributed by atoms with Gasteiger partial charge in [0.25, 0.3) is 10.0 Å². The molecule has 0 aliphatic carbocycles. The lowest BCUT2D eigenvalue weighted by atomic mass is 10.1. The number of nitrogens with one attached hydrogen (secondary N) is 1. The number of hydrogen-bond acceptors (Lipinski definition) is 4. The van der Waals surface area contributed by atoms with Crippen LogP contribution in [0.2, 0.25) is 0 Å². The first kappa shape index (κ1) is 20.1. The van der Waals surface area contributed by atoms with Crippen LogP contribution in [0.1, 0.15) is 29.7 Å². The first-order chi connectivity index (χ1) is 14.0. The van der Waals surface area contributed by atoms with Gasteiger partial charge in [0.2, 0.25) is 0 Å². The molecule has 29 heavy (non-hydrogen) atoms. The molecule has 1 aliphatic rings. The minimum atomic E-state index is -3.62. The molecular weight excluding hydrogens is 382 g/mol. The van der Waals surface area contributed by atoms with Crippen molar-refractivity contribution in [2.45, 2.75) is 38.1 Å². The Balaban J connectivity index is 1.57. The van der Waals surface area contributed by atoms with Gasteiger partial charge in [-0.1, -0.05) is 24.3 Å². The van der Waals surface area contributed by atoms with E-state index in [9.17, 15) is 8.42 Å². The van der Waals surface area contributed by atoms with E-state index in [4.69, 9.17) is 0 Å². The van der Waals surface area contributed by atoms with E-state index in [-0.39, 0.29) is 0 Å². The van der Waals surface area contributed by atoms with Crippen molar-refractivity contribution in [1.82, 2.24) is 14.2 Å². The normalized spacial score (nSPS) is 15.4. The summed E-state index contributed by atoms with van der Waals surface area (Å²) in [5.74, 6) is 0. The molecule has 5 nitrogen and oxygen atoms in total. The number of nitrogens with zero attached hydrogens (tertiary/aromatic N) is 2. The summed E-state index contributed by atoms with van der Waals surface area (Å²) in [6.07, 6.45) is 2.64. The number of hydrogen-bond donors (Lipinski definition) is 1. The fraction of sp³-hybridized carbons (Fsp3) is 0.391. The second kappa shape index (κ2) is 8.30. The van der Waals surface area contributed by atoms with Gasteiger partial charge in [-0.05, 0) is 75.2 Å². The zero-order chi connectivity index (χ0) is 20.4. The third kappa shape index (κ3) is 3.97. The summed E-state index contributed by atoms with van der Waals surface area (Å²) in [5, 5.41) is 4.52. The number of likely N-dealkylation sites (tertiary alicyclic amines) is 1. The lowest BCUT2D eigenvalue weighted by molar-refractivity contribution is 0.335. The summed E-state index contributed by atoms with van der Waals surface area (Å²) >= 11 is 0. The smallest absolute Gasteiger partial charge is 0.268 e. The molecule has 1 fully saturated rings. The first-order valence-corrected chi connectivity index (χ1v) is 11.8. The maximum absolute atomic E-state index is 13.2. The molecule has 2 aromatic carbocycles. The molecule has 4 rings (SSSR count). The van der Waals surface area contributed by atoms with E-state index in [2.05, 4.69) is 16.3 Å². The van der Waals surface area contributed by atoms with Gasteiger partial charge in [0.1, 0.15) is 0 Å². The monoisotopic (exact) mass is 411 g/mol. The predicted octanol–water partition coefficient (Wildman–Crippen LogP) is 3.68. The van der Waals surface area contributed by atoms with Crippen LogP contribution in [0.3, 0.4) is 0 Å². The van der Waals surface area contributed by atoms with Gasteiger partial charge in [-0.15, -0.1) is 0 Å². The van der Waals surface area contributed by atoms with Crippen molar-refractivity contribution >= 4 is 20.9 Å². The van der Waals surface area contributed by atoms with Gasteiger partial charge < -0.3 is 10.2 Å². The number of benzene rings is 2. The Kier molecular flexibility index (Phi) is 5.76. The molecule has 0 unspecified atom stereocenters. The van der Waals surface area contributed by atoms with Crippen LogP contribution in [0, 0.1) is 13.8 Å². The molecule has 0 spiro atoms. The molecule has 1 saturated heterocycles. The molecule has 6 heteroatoms. The number of aryl methyl sites for hydroxylation is 1. The fourth-order valence-electron chi connectivity index (χ4n) is 4.18. The standard InChI is InChI=1S/C23H29N3O2S/c1-18-19(2)26(29(27,28)21-8-4-3-5-9-21)23-11-10-20(16-22(18)23)17-24-12-15-25-13-6-7-14-25/h3-5,8-11,16,24H,6-7,12-15,17H2,1-2H3. The molecule has 1 N–H and O–H groups in total. The Bertz CT molecular complexity index is 1100. The second-order valence-electron chi connectivity index (χ2n) is 7.87. The molecule has 3 aromatic rings. The zero-order valence-electron chi connectivity index (χ0n) is 17.2. The zero-order valence-corrected chi connectivity index (χ0v) is 18.0. The topological polar surface area (TPSA) is 54.3 Å². The Labute approximate surface area is 173 Å². The number of rotatable bonds is 7. The highest BCUT2D eigenvalue weighted by atomic mass is 32.2. The third-order valence-corrected chi connectivity index (χ3v) is 7.76. The second-order valence-corrected chi connectivity index (χ2v) is 9.66. The molecule has 0 atom stereocenters. The van der Waals surface area contributed by atoms with Crippen molar-refractivity contribution in [3.05, 3.63) is 65.4 Å². The van der Waals surface area contributed by atoms with Crippen molar-refractivity contribution in [2.24, 2.45) is 0 Å². The van der Waals surface area contributed by atoms with Crippen LogP contribution in [0.25, 0.3) is 10.9 Å². The number of fused-ring (bicyclic) bond motifs is 1. The molecule has 2 heterocycles. The summed E-state index contributed by atoms with van der Waals surface area (Å²) in [5.41, 5.74) is 3.70. The van der Waals surface area contributed by atoms with Crippen molar-refractivity contribution in [2.75, 3.05) is 26.2 Å². The van der Waals surface area contributed by atoms with Gasteiger partial charge in [-0.2, -0.15) is 0 Å². The van der Waals surface area contributed by atoms with Crippen LogP contribution >= 0.6 is 0 Å². The van der Waals surface area contributed by atoms with E-state index in [1.54, 1.807) is 24.3 Å². The van der Waals surface area contributed by atoms with Gasteiger partial charge in [0.05, 0.1) is 10.4 Å². The van der Waals surface area contributed by atoms with E-state index < -0.39 is 10.0 Å². The molecular formula is C23H29N3O2S. The minimum Gasteiger partial charge on any atom is -0.311 e. The molecule has 0 radical (unpaired) electrons. The lowest BCUT2D eigenvalue weighted by Gasteiger charge is -2.14. The lowest BCUT2D eigenvalue weighted by Crippen LogP contribution is -2.29. The molecule has 0 bridgehead atoms. The Morgan fingerprint density at radius 2 is 1.72 bits per heavy atom. The highest BCUT2D eigenvalue weighted by Crippen LogP contribution is 2.30. The molecule has 154 valence electrons. The fourth-order valence-corrected chi connectivity index (χ4v) is 5.81. The summed E-state index contributed by atoms with van der Waals surface area (Å²) in [6.45, 7) is 9.17. The molecule has 0 amide bonds. The molecule has 1 aliphatic heterocycles.